The quantitative estimate of drug-likeness (QED) is 0.841. The molecule has 0 bridgehead atoms. The normalized spacial score (nSPS) is 16.9. The minimum absolute atomic E-state index is 0.366. The Hall–Kier alpha value is -0.430. The SMILES string of the molecule is CCC(C)(C)N(C)S(=O)(=O)c1cc(CNC2CC2)cs1. The molecule has 1 fully saturated rings. The van der Waals surface area contributed by atoms with Gasteiger partial charge >= 0.3 is 0 Å². The Morgan fingerprint density at radius 1 is 1.45 bits per heavy atom. The first kappa shape index (κ1) is 15.9. The van der Waals surface area contributed by atoms with Crippen LogP contribution in [-0.2, 0) is 16.6 Å². The van der Waals surface area contributed by atoms with Crippen molar-refractivity contribution >= 4 is 21.4 Å². The van der Waals surface area contributed by atoms with Crippen molar-refractivity contribution in [2.75, 3.05) is 7.05 Å². The van der Waals surface area contributed by atoms with Crippen LogP contribution in [0.2, 0.25) is 0 Å². The van der Waals surface area contributed by atoms with Crippen LogP contribution < -0.4 is 5.32 Å². The number of nitrogens with zero attached hydrogens (tertiary/aromatic N) is 1. The van der Waals surface area contributed by atoms with Crippen molar-refractivity contribution in [1.29, 1.82) is 0 Å². The van der Waals surface area contributed by atoms with Crippen LogP contribution >= 0.6 is 11.3 Å². The summed E-state index contributed by atoms with van der Waals surface area (Å²) >= 11 is 1.31. The summed E-state index contributed by atoms with van der Waals surface area (Å²) in [5.41, 5.74) is 0.693. The molecule has 1 aliphatic carbocycles. The maximum atomic E-state index is 12.6. The van der Waals surface area contributed by atoms with Crippen molar-refractivity contribution in [2.45, 2.75) is 62.4 Å². The van der Waals surface area contributed by atoms with Gasteiger partial charge < -0.3 is 5.32 Å². The largest absolute Gasteiger partial charge is 0.310 e. The van der Waals surface area contributed by atoms with Crippen molar-refractivity contribution < 1.29 is 8.42 Å². The summed E-state index contributed by atoms with van der Waals surface area (Å²) in [6, 6.07) is 2.44. The van der Waals surface area contributed by atoms with Crippen molar-refractivity contribution in [2.24, 2.45) is 0 Å². The molecule has 0 saturated heterocycles. The predicted molar refractivity (Wildman–Crippen MR) is 83.5 cm³/mol. The lowest BCUT2D eigenvalue weighted by Gasteiger charge is -2.33. The Morgan fingerprint density at radius 3 is 2.65 bits per heavy atom. The van der Waals surface area contributed by atoms with Crippen molar-refractivity contribution in [1.82, 2.24) is 9.62 Å². The summed E-state index contributed by atoms with van der Waals surface area (Å²) in [5, 5.41) is 5.35. The fraction of sp³-hybridized carbons (Fsp3) is 0.714. The highest BCUT2D eigenvalue weighted by atomic mass is 32.2. The summed E-state index contributed by atoms with van der Waals surface area (Å²) in [6.07, 6.45) is 3.26. The number of nitrogens with one attached hydrogen (secondary N) is 1. The van der Waals surface area contributed by atoms with Crippen molar-refractivity contribution in [3.05, 3.63) is 17.0 Å². The van der Waals surface area contributed by atoms with E-state index in [1.165, 1.54) is 28.5 Å². The summed E-state index contributed by atoms with van der Waals surface area (Å²) < 4.78 is 27.2. The minimum Gasteiger partial charge on any atom is -0.310 e. The fourth-order valence-electron chi connectivity index (χ4n) is 1.81. The second kappa shape index (κ2) is 5.75. The number of thiophene rings is 1. The summed E-state index contributed by atoms with van der Waals surface area (Å²) in [7, 11) is -1.72. The van der Waals surface area contributed by atoms with Crippen LogP contribution in [0.1, 0.15) is 45.6 Å². The van der Waals surface area contributed by atoms with Crippen LogP contribution in [0, 0.1) is 0 Å². The van der Waals surface area contributed by atoms with Gasteiger partial charge in [0.1, 0.15) is 4.21 Å². The monoisotopic (exact) mass is 316 g/mol. The molecule has 0 atom stereocenters. The van der Waals surface area contributed by atoms with Gasteiger partial charge in [-0.25, -0.2) is 8.42 Å². The van der Waals surface area contributed by atoms with E-state index in [1.807, 2.05) is 26.2 Å². The molecule has 0 amide bonds. The molecule has 0 aromatic carbocycles. The Bertz CT molecular complexity index is 559. The Balaban J connectivity index is 2.12. The van der Waals surface area contributed by atoms with Crippen LogP contribution in [0.4, 0.5) is 0 Å². The summed E-state index contributed by atoms with van der Waals surface area (Å²) in [5.74, 6) is 0. The lowest BCUT2D eigenvalue weighted by atomic mass is 10.0. The number of sulfonamides is 1. The molecular weight excluding hydrogens is 292 g/mol. The molecule has 1 saturated carbocycles. The zero-order chi connectivity index (χ0) is 15.0. The zero-order valence-corrected chi connectivity index (χ0v) is 14.3. The fourth-order valence-corrected chi connectivity index (χ4v) is 4.77. The highest BCUT2D eigenvalue weighted by molar-refractivity contribution is 7.91. The molecule has 2 rings (SSSR count). The number of hydrogen-bond donors (Lipinski definition) is 1. The molecule has 0 aliphatic heterocycles. The molecule has 6 heteroatoms. The van der Waals surface area contributed by atoms with Gasteiger partial charge in [0.2, 0.25) is 0 Å². The van der Waals surface area contributed by atoms with Crippen LogP contribution in [-0.4, -0.2) is 31.4 Å². The molecule has 1 aromatic heterocycles. The Kier molecular flexibility index (Phi) is 4.59. The third kappa shape index (κ3) is 3.42. The smallest absolute Gasteiger partial charge is 0.252 e. The number of rotatable bonds is 7. The summed E-state index contributed by atoms with van der Waals surface area (Å²) in [6.45, 7) is 6.67. The van der Waals surface area contributed by atoms with E-state index in [0.29, 0.717) is 10.3 Å². The first-order valence-corrected chi connectivity index (χ1v) is 9.39. The van der Waals surface area contributed by atoms with E-state index in [0.717, 1.165) is 18.5 Å². The third-order valence-electron chi connectivity index (χ3n) is 4.13. The van der Waals surface area contributed by atoms with Crippen LogP contribution in [0.25, 0.3) is 0 Å². The molecular formula is C14H24N2O2S2. The van der Waals surface area contributed by atoms with E-state index >= 15 is 0 Å². The van der Waals surface area contributed by atoms with Gasteiger partial charge in [-0.15, -0.1) is 11.3 Å². The van der Waals surface area contributed by atoms with Crippen molar-refractivity contribution in [3.63, 3.8) is 0 Å². The number of hydrogen-bond acceptors (Lipinski definition) is 4. The second-order valence-corrected chi connectivity index (χ2v) is 9.18. The molecule has 20 heavy (non-hydrogen) atoms. The van der Waals surface area contributed by atoms with E-state index in [4.69, 9.17) is 0 Å². The topological polar surface area (TPSA) is 49.4 Å². The van der Waals surface area contributed by atoms with Gasteiger partial charge in [0.25, 0.3) is 10.0 Å². The van der Waals surface area contributed by atoms with Crippen molar-refractivity contribution in [3.8, 4) is 0 Å². The first-order chi connectivity index (χ1) is 9.27. The molecule has 114 valence electrons. The highest BCUT2D eigenvalue weighted by Crippen LogP contribution is 2.29. The maximum Gasteiger partial charge on any atom is 0.252 e. The van der Waals surface area contributed by atoms with E-state index < -0.39 is 10.0 Å². The molecule has 4 nitrogen and oxygen atoms in total. The summed E-state index contributed by atoms with van der Waals surface area (Å²) in [4.78, 5) is 0. The van der Waals surface area contributed by atoms with E-state index in [9.17, 15) is 8.42 Å². The molecule has 0 spiro atoms. The zero-order valence-electron chi connectivity index (χ0n) is 12.6. The van der Waals surface area contributed by atoms with E-state index in [1.54, 1.807) is 13.1 Å². The van der Waals surface area contributed by atoms with Gasteiger partial charge in [0, 0.05) is 25.2 Å². The highest BCUT2D eigenvalue weighted by Gasteiger charge is 2.33. The van der Waals surface area contributed by atoms with Gasteiger partial charge in [-0.05, 0) is 50.1 Å². The van der Waals surface area contributed by atoms with Gasteiger partial charge in [-0.2, -0.15) is 4.31 Å². The maximum absolute atomic E-state index is 12.6. The molecule has 0 radical (unpaired) electrons. The predicted octanol–water partition coefficient (Wildman–Crippen LogP) is 2.81. The van der Waals surface area contributed by atoms with E-state index in [2.05, 4.69) is 5.32 Å². The molecule has 1 aromatic rings. The van der Waals surface area contributed by atoms with Crippen LogP contribution in [0.3, 0.4) is 0 Å². The van der Waals surface area contributed by atoms with Gasteiger partial charge in [-0.3, -0.25) is 0 Å². The van der Waals surface area contributed by atoms with E-state index in [-0.39, 0.29) is 5.54 Å². The molecule has 1 N–H and O–H groups in total. The molecule has 1 aliphatic rings. The molecule has 0 unspecified atom stereocenters. The Morgan fingerprint density at radius 2 is 2.10 bits per heavy atom. The van der Waals surface area contributed by atoms with Crippen LogP contribution in [0.15, 0.2) is 15.7 Å². The van der Waals surface area contributed by atoms with Gasteiger partial charge in [-0.1, -0.05) is 6.92 Å². The van der Waals surface area contributed by atoms with Gasteiger partial charge in [0.15, 0.2) is 0 Å². The lowest BCUT2D eigenvalue weighted by molar-refractivity contribution is 0.257. The third-order valence-corrected chi connectivity index (χ3v) is 7.67. The first-order valence-electron chi connectivity index (χ1n) is 7.07. The second-order valence-electron chi connectivity index (χ2n) is 6.07. The Labute approximate surface area is 126 Å². The lowest BCUT2D eigenvalue weighted by Crippen LogP contribution is -2.44. The van der Waals surface area contributed by atoms with Crippen LogP contribution in [0.5, 0.6) is 0 Å². The average molecular weight is 316 g/mol. The van der Waals surface area contributed by atoms with Gasteiger partial charge in [0.05, 0.1) is 0 Å². The molecule has 1 heterocycles. The minimum atomic E-state index is -3.39. The average Bonchev–Trinajstić information content (AvgIpc) is 3.11. The standard InChI is InChI=1S/C14H24N2O2S2/c1-5-14(2,3)16(4)20(17,18)13-8-11(10-19-13)9-15-12-6-7-12/h8,10,12,15H,5-7,9H2,1-4H3.